The van der Waals surface area contributed by atoms with Crippen molar-refractivity contribution >= 4 is 57.6 Å². The van der Waals surface area contributed by atoms with Crippen LogP contribution in [0.15, 0.2) is 66.9 Å². The van der Waals surface area contributed by atoms with Crippen LogP contribution in [0.4, 0.5) is 10.5 Å². The van der Waals surface area contributed by atoms with Crippen molar-refractivity contribution in [3.8, 4) is 0 Å². The van der Waals surface area contributed by atoms with Crippen molar-refractivity contribution in [1.29, 1.82) is 0 Å². The van der Waals surface area contributed by atoms with E-state index in [9.17, 15) is 14.4 Å². The number of nitrogens with zero attached hydrogens (tertiary/aromatic N) is 3. The molecule has 10 heteroatoms. The first kappa shape index (κ1) is 23.5. The van der Waals surface area contributed by atoms with Gasteiger partial charge in [-0.25, -0.2) is 4.79 Å². The third-order valence-electron chi connectivity index (χ3n) is 7.46. The molecule has 0 radical (unpaired) electrons. The zero-order valence-corrected chi connectivity index (χ0v) is 21.3. The molecule has 2 aliphatic heterocycles. The van der Waals surface area contributed by atoms with Gasteiger partial charge in [0.1, 0.15) is 0 Å². The molecule has 1 fully saturated rings. The Hall–Kier alpha value is -3.88. The van der Waals surface area contributed by atoms with Crippen molar-refractivity contribution in [2.45, 2.75) is 12.0 Å². The van der Waals surface area contributed by atoms with E-state index < -0.39 is 35.2 Å². The molecule has 4 amide bonds. The van der Waals surface area contributed by atoms with Gasteiger partial charge in [0.25, 0.3) is 0 Å². The fourth-order valence-electron chi connectivity index (χ4n) is 5.77. The normalized spacial score (nSPS) is 20.9. The van der Waals surface area contributed by atoms with Gasteiger partial charge in [0.05, 0.1) is 17.8 Å². The first-order valence-corrected chi connectivity index (χ1v) is 12.3. The largest absolute Gasteiger partial charge is 0.376 e. The predicted octanol–water partition coefficient (Wildman–Crippen LogP) is 5.21. The van der Waals surface area contributed by atoms with Crippen molar-refractivity contribution in [3.63, 3.8) is 0 Å². The maximum absolute atomic E-state index is 14.4. The number of anilines is 1. The molecule has 1 spiro atoms. The molecule has 1 saturated heterocycles. The highest BCUT2D eigenvalue weighted by Gasteiger charge is 2.67. The summed E-state index contributed by atoms with van der Waals surface area (Å²) < 4.78 is 0. The summed E-state index contributed by atoms with van der Waals surface area (Å²) in [6, 6.07) is 16.4. The highest BCUT2D eigenvalue weighted by atomic mass is 35.5. The van der Waals surface area contributed by atoms with Crippen molar-refractivity contribution in [3.05, 3.63) is 93.6 Å². The van der Waals surface area contributed by atoms with Gasteiger partial charge < -0.3 is 5.32 Å². The molecule has 37 heavy (non-hydrogen) atoms. The van der Waals surface area contributed by atoms with E-state index >= 15 is 0 Å². The van der Waals surface area contributed by atoms with E-state index in [1.807, 2.05) is 24.3 Å². The van der Waals surface area contributed by atoms with Gasteiger partial charge in [-0.2, -0.15) is 5.10 Å². The third kappa shape index (κ3) is 3.22. The van der Waals surface area contributed by atoms with Gasteiger partial charge in [-0.15, -0.1) is 0 Å². The first-order valence-electron chi connectivity index (χ1n) is 11.6. The number of aromatic nitrogens is 2. The number of imide groups is 2. The van der Waals surface area contributed by atoms with Crippen molar-refractivity contribution < 1.29 is 14.4 Å². The highest BCUT2D eigenvalue weighted by Crippen LogP contribution is 2.59. The number of benzene rings is 3. The molecule has 0 aliphatic carbocycles. The van der Waals surface area contributed by atoms with Crippen molar-refractivity contribution in [2.75, 3.05) is 19.4 Å². The maximum Gasteiger partial charge on any atom is 0.332 e. The minimum atomic E-state index is -1.75. The molecule has 1 aromatic heterocycles. The first-order chi connectivity index (χ1) is 17.7. The van der Waals surface area contributed by atoms with Crippen LogP contribution in [0.1, 0.15) is 28.7 Å². The lowest BCUT2D eigenvalue weighted by Gasteiger charge is -2.53. The summed E-state index contributed by atoms with van der Waals surface area (Å²) in [5.74, 6) is -1.97. The fraction of sp³-hybridized carbons (Fsp3) is 0.185. The number of hydrogen-bond acceptors (Lipinski definition) is 5. The third-order valence-corrected chi connectivity index (χ3v) is 7.97. The van der Waals surface area contributed by atoms with Crippen LogP contribution in [0.25, 0.3) is 10.9 Å². The lowest BCUT2D eigenvalue weighted by molar-refractivity contribution is -0.160. The van der Waals surface area contributed by atoms with E-state index in [4.69, 9.17) is 23.2 Å². The second kappa shape index (κ2) is 8.33. The van der Waals surface area contributed by atoms with E-state index in [-0.39, 0.29) is 0 Å². The molecule has 0 bridgehead atoms. The number of hydrogen-bond donors (Lipinski definition) is 2. The predicted molar refractivity (Wildman–Crippen MR) is 141 cm³/mol. The SMILES string of the molecule is CN1C(=O)N(C)C(=O)C2(C1=O)[C@@H](c1ccc(Cl)cc1)c1c(ccc3[nH]ncc13)N[C@H]2c1ccc(Cl)cc1. The van der Waals surface area contributed by atoms with E-state index in [0.29, 0.717) is 21.2 Å². The standard InChI is InChI=1S/C27H21Cl2N5O3/c1-33-24(35)27(25(36)34(2)26(33)37)22(14-3-7-16(28)8-4-14)21-18-13-30-32-19(18)11-12-20(21)31-23(27)15-5-9-17(29)10-6-15/h3-13,22-23,31H,1-2H3,(H,30,32)/t22-,23-/m0/s1. The van der Waals surface area contributed by atoms with Crippen LogP contribution in [0.5, 0.6) is 0 Å². The molecule has 2 aliphatic rings. The van der Waals surface area contributed by atoms with Gasteiger partial charge in [-0.3, -0.25) is 24.5 Å². The Labute approximate surface area is 222 Å². The number of halogens is 2. The van der Waals surface area contributed by atoms with Crippen LogP contribution >= 0.6 is 23.2 Å². The van der Waals surface area contributed by atoms with Gasteiger partial charge in [0.15, 0.2) is 5.41 Å². The van der Waals surface area contributed by atoms with Gasteiger partial charge in [-0.1, -0.05) is 47.5 Å². The smallest absolute Gasteiger partial charge is 0.332 e. The number of aromatic amines is 1. The lowest BCUT2D eigenvalue weighted by Crippen LogP contribution is -2.68. The zero-order valence-electron chi connectivity index (χ0n) is 19.8. The molecule has 0 saturated carbocycles. The number of fused-ring (bicyclic) bond motifs is 3. The van der Waals surface area contributed by atoms with Gasteiger partial charge in [0, 0.05) is 41.1 Å². The number of nitrogens with one attached hydrogen (secondary N) is 2. The Bertz CT molecular complexity index is 1560. The summed E-state index contributed by atoms with van der Waals surface area (Å²) in [7, 11) is 2.81. The molecule has 4 aromatic rings. The quantitative estimate of drug-likeness (QED) is 0.345. The second-order valence-corrected chi connectivity index (χ2v) is 10.2. The molecule has 3 aromatic carbocycles. The minimum Gasteiger partial charge on any atom is -0.376 e. The number of H-pyrrole nitrogens is 1. The molecule has 2 atom stereocenters. The monoisotopic (exact) mass is 533 g/mol. The number of rotatable bonds is 2. The molecule has 0 unspecified atom stereocenters. The summed E-state index contributed by atoms with van der Waals surface area (Å²) in [4.78, 5) is 43.7. The number of urea groups is 1. The summed E-state index contributed by atoms with van der Waals surface area (Å²) in [6.07, 6.45) is 1.69. The average molecular weight is 534 g/mol. The molecule has 8 nitrogen and oxygen atoms in total. The molecule has 2 N–H and O–H groups in total. The Morgan fingerprint density at radius 1 is 0.811 bits per heavy atom. The summed E-state index contributed by atoms with van der Waals surface area (Å²) in [5, 5.41) is 12.5. The van der Waals surface area contributed by atoms with Crippen LogP contribution in [0, 0.1) is 5.41 Å². The second-order valence-electron chi connectivity index (χ2n) is 9.35. The van der Waals surface area contributed by atoms with E-state index in [1.165, 1.54) is 14.1 Å². The van der Waals surface area contributed by atoms with Crippen molar-refractivity contribution in [1.82, 2.24) is 20.0 Å². The van der Waals surface area contributed by atoms with Gasteiger partial charge >= 0.3 is 6.03 Å². The molecule has 186 valence electrons. The van der Waals surface area contributed by atoms with E-state index in [2.05, 4.69) is 15.5 Å². The van der Waals surface area contributed by atoms with Crippen LogP contribution in [0.3, 0.4) is 0 Å². The van der Waals surface area contributed by atoms with E-state index in [1.54, 1.807) is 42.6 Å². The molecule has 6 rings (SSSR count). The van der Waals surface area contributed by atoms with Crippen molar-refractivity contribution in [2.24, 2.45) is 5.41 Å². The van der Waals surface area contributed by atoms with E-state index in [0.717, 1.165) is 32.0 Å². The number of carbonyl (C=O) groups excluding carboxylic acids is 3. The van der Waals surface area contributed by atoms with Crippen LogP contribution in [-0.2, 0) is 9.59 Å². The van der Waals surface area contributed by atoms with Crippen LogP contribution in [-0.4, -0.2) is 51.9 Å². The number of carbonyl (C=O) groups is 3. The topological polar surface area (TPSA) is 98.4 Å². The average Bonchev–Trinajstić information content (AvgIpc) is 3.39. The van der Waals surface area contributed by atoms with Crippen LogP contribution in [0.2, 0.25) is 10.0 Å². The minimum absolute atomic E-state index is 0.522. The molecular weight excluding hydrogens is 513 g/mol. The number of barbiturate groups is 1. The highest BCUT2D eigenvalue weighted by molar-refractivity contribution is 6.31. The molecule has 3 heterocycles. The van der Waals surface area contributed by atoms with Gasteiger partial charge in [0.2, 0.25) is 11.8 Å². The number of amides is 4. The van der Waals surface area contributed by atoms with Crippen LogP contribution < -0.4 is 5.32 Å². The Kier molecular flexibility index (Phi) is 5.29. The zero-order chi connectivity index (χ0) is 26.1. The van der Waals surface area contributed by atoms with Gasteiger partial charge in [-0.05, 0) is 53.1 Å². The Morgan fingerprint density at radius 3 is 1.97 bits per heavy atom. The Balaban J connectivity index is 1.75. The summed E-state index contributed by atoms with van der Waals surface area (Å²) in [5.41, 5.74) is 1.88. The Morgan fingerprint density at radius 2 is 1.38 bits per heavy atom. The molecular formula is C27H21Cl2N5O3. The summed E-state index contributed by atoms with van der Waals surface area (Å²) >= 11 is 12.4. The fourth-order valence-corrected chi connectivity index (χ4v) is 6.02. The summed E-state index contributed by atoms with van der Waals surface area (Å²) in [6.45, 7) is 0. The maximum atomic E-state index is 14.4. The lowest BCUT2D eigenvalue weighted by atomic mass is 9.58.